The summed E-state index contributed by atoms with van der Waals surface area (Å²) in [4.78, 5) is 26.5. The molecule has 0 saturated carbocycles. The summed E-state index contributed by atoms with van der Waals surface area (Å²) in [6.45, 7) is 5.71. The Kier molecular flexibility index (Phi) is 7.25. The van der Waals surface area contributed by atoms with Crippen molar-refractivity contribution in [3.05, 3.63) is 57.6 Å². The normalized spacial score (nSPS) is 12.0. The van der Waals surface area contributed by atoms with Crippen LogP contribution in [-0.2, 0) is 9.59 Å². The van der Waals surface area contributed by atoms with Crippen molar-refractivity contribution >= 4 is 46.4 Å². The Bertz CT molecular complexity index is 855. The molecule has 7 heteroatoms. The molecule has 2 N–H and O–H groups in total. The number of hydrogen-bond acceptors (Lipinski definition) is 3. The molecule has 2 aromatic rings. The van der Waals surface area contributed by atoms with Gasteiger partial charge in [-0.25, -0.2) is 0 Å². The summed E-state index contributed by atoms with van der Waals surface area (Å²) in [6.07, 6.45) is 0. The van der Waals surface area contributed by atoms with Crippen LogP contribution in [0.2, 0.25) is 10.0 Å². The van der Waals surface area contributed by atoms with E-state index in [0.717, 1.165) is 16.8 Å². The summed E-state index contributed by atoms with van der Waals surface area (Å²) in [5.74, 6) is -0.448. The number of benzene rings is 2. The van der Waals surface area contributed by atoms with E-state index in [1.54, 1.807) is 37.1 Å². The van der Waals surface area contributed by atoms with Crippen molar-refractivity contribution in [2.75, 3.05) is 24.2 Å². The minimum absolute atomic E-state index is 0.0797. The number of nitrogens with zero attached hydrogens (tertiary/aromatic N) is 1. The maximum atomic E-state index is 12.5. The largest absolute Gasteiger partial charge is 0.325 e. The van der Waals surface area contributed by atoms with Crippen LogP contribution in [0.3, 0.4) is 0 Å². The Hall–Kier alpha value is -2.08. The van der Waals surface area contributed by atoms with Crippen molar-refractivity contribution in [3.8, 4) is 0 Å². The maximum Gasteiger partial charge on any atom is 0.241 e. The first-order valence-electron chi connectivity index (χ1n) is 8.50. The van der Waals surface area contributed by atoms with Crippen molar-refractivity contribution in [2.24, 2.45) is 0 Å². The van der Waals surface area contributed by atoms with Crippen LogP contribution in [0.5, 0.6) is 0 Å². The van der Waals surface area contributed by atoms with Crippen molar-refractivity contribution in [1.82, 2.24) is 4.90 Å². The topological polar surface area (TPSA) is 61.4 Å². The quantitative estimate of drug-likeness (QED) is 0.740. The van der Waals surface area contributed by atoms with Crippen molar-refractivity contribution in [2.45, 2.75) is 26.8 Å². The summed E-state index contributed by atoms with van der Waals surface area (Å²) < 4.78 is 0. The molecule has 0 bridgehead atoms. The van der Waals surface area contributed by atoms with Crippen molar-refractivity contribution in [1.29, 1.82) is 0 Å². The van der Waals surface area contributed by atoms with Gasteiger partial charge >= 0.3 is 0 Å². The standard InChI is InChI=1S/C20H23Cl2N3O2/c1-12-5-6-13(2)18(9-12)23-19(26)11-25(4)14(3)20(27)24-17-8-7-15(21)10-16(17)22/h5-10,14H,11H2,1-4H3,(H,23,26)(H,24,27)/t14-/m1/s1. The highest BCUT2D eigenvalue weighted by molar-refractivity contribution is 6.36. The third kappa shape index (κ3) is 5.96. The fourth-order valence-electron chi connectivity index (χ4n) is 2.45. The summed E-state index contributed by atoms with van der Waals surface area (Å²) >= 11 is 11.9. The third-order valence-electron chi connectivity index (χ3n) is 4.29. The van der Waals surface area contributed by atoms with E-state index in [9.17, 15) is 9.59 Å². The molecular formula is C20H23Cl2N3O2. The van der Waals surface area contributed by atoms with E-state index >= 15 is 0 Å². The van der Waals surface area contributed by atoms with Crippen LogP contribution in [0, 0.1) is 13.8 Å². The second kappa shape index (κ2) is 9.22. The van der Waals surface area contributed by atoms with Gasteiger partial charge in [0.25, 0.3) is 0 Å². The molecule has 2 rings (SSSR count). The second-order valence-corrected chi connectivity index (χ2v) is 7.41. The Morgan fingerprint density at radius 2 is 1.74 bits per heavy atom. The maximum absolute atomic E-state index is 12.5. The molecule has 0 heterocycles. The molecule has 0 aliphatic carbocycles. The zero-order valence-electron chi connectivity index (χ0n) is 15.8. The Morgan fingerprint density at radius 1 is 1.04 bits per heavy atom. The molecule has 0 saturated heterocycles. The molecule has 0 radical (unpaired) electrons. The number of halogens is 2. The lowest BCUT2D eigenvalue weighted by Gasteiger charge is -2.23. The summed E-state index contributed by atoms with van der Waals surface area (Å²) in [7, 11) is 1.72. The van der Waals surface area contributed by atoms with E-state index in [1.807, 2.05) is 32.0 Å². The minimum Gasteiger partial charge on any atom is -0.325 e. The molecule has 0 fully saturated rings. The predicted molar refractivity (Wildman–Crippen MR) is 112 cm³/mol. The zero-order valence-corrected chi connectivity index (χ0v) is 17.3. The first-order chi connectivity index (χ1) is 12.7. The number of nitrogens with one attached hydrogen (secondary N) is 2. The van der Waals surface area contributed by atoms with Crippen LogP contribution < -0.4 is 10.6 Å². The molecule has 2 amide bonds. The highest BCUT2D eigenvalue weighted by Gasteiger charge is 2.21. The summed E-state index contributed by atoms with van der Waals surface area (Å²) in [6, 6.07) is 10.2. The first-order valence-corrected chi connectivity index (χ1v) is 9.26. The van der Waals surface area contributed by atoms with Crippen LogP contribution >= 0.6 is 23.2 Å². The summed E-state index contributed by atoms with van der Waals surface area (Å²) in [5.41, 5.74) is 3.31. The van der Waals surface area contributed by atoms with Crippen molar-refractivity contribution < 1.29 is 9.59 Å². The number of rotatable bonds is 6. The zero-order chi connectivity index (χ0) is 20.1. The molecule has 0 aromatic heterocycles. The van der Waals surface area contributed by atoms with E-state index < -0.39 is 6.04 Å². The smallest absolute Gasteiger partial charge is 0.241 e. The van der Waals surface area contributed by atoms with Gasteiger partial charge in [0.15, 0.2) is 0 Å². The van der Waals surface area contributed by atoms with E-state index in [-0.39, 0.29) is 18.4 Å². The molecule has 0 aliphatic rings. The number of likely N-dealkylation sites (N-methyl/N-ethyl adjacent to an activating group) is 1. The van der Waals surface area contributed by atoms with E-state index in [1.165, 1.54) is 0 Å². The molecule has 0 aliphatic heterocycles. The van der Waals surface area contributed by atoms with Crippen molar-refractivity contribution in [3.63, 3.8) is 0 Å². The number of carbonyl (C=O) groups excluding carboxylic acids is 2. The Balaban J connectivity index is 1.95. The van der Waals surface area contributed by atoms with Crippen LogP contribution in [0.15, 0.2) is 36.4 Å². The summed E-state index contributed by atoms with van der Waals surface area (Å²) in [5, 5.41) is 6.50. The van der Waals surface area contributed by atoms with E-state index in [0.29, 0.717) is 15.7 Å². The van der Waals surface area contributed by atoms with Gasteiger partial charge in [0.05, 0.1) is 23.3 Å². The molecule has 1 atom stereocenters. The molecule has 27 heavy (non-hydrogen) atoms. The van der Waals surface area contributed by atoms with Gasteiger partial charge in [-0.15, -0.1) is 0 Å². The predicted octanol–water partition coefficient (Wildman–Crippen LogP) is 4.51. The second-order valence-electron chi connectivity index (χ2n) is 6.57. The van der Waals surface area contributed by atoms with Crippen LogP contribution in [0.25, 0.3) is 0 Å². The lowest BCUT2D eigenvalue weighted by Crippen LogP contribution is -2.43. The molecule has 2 aromatic carbocycles. The third-order valence-corrected chi connectivity index (χ3v) is 4.84. The van der Waals surface area contributed by atoms with Gasteiger partial charge in [0.1, 0.15) is 0 Å². The Labute approximate surface area is 169 Å². The lowest BCUT2D eigenvalue weighted by atomic mass is 10.1. The van der Waals surface area contributed by atoms with Crippen LogP contribution in [0.4, 0.5) is 11.4 Å². The SMILES string of the molecule is Cc1ccc(C)c(NC(=O)CN(C)[C@H](C)C(=O)Nc2ccc(Cl)cc2Cl)c1. The van der Waals surface area contributed by atoms with Crippen LogP contribution in [0.1, 0.15) is 18.1 Å². The average molecular weight is 408 g/mol. The van der Waals surface area contributed by atoms with E-state index in [4.69, 9.17) is 23.2 Å². The van der Waals surface area contributed by atoms with Gasteiger partial charge < -0.3 is 10.6 Å². The van der Waals surface area contributed by atoms with Crippen LogP contribution in [-0.4, -0.2) is 36.3 Å². The van der Waals surface area contributed by atoms with Gasteiger partial charge in [-0.05, 0) is 63.2 Å². The molecule has 5 nitrogen and oxygen atoms in total. The number of hydrogen-bond donors (Lipinski definition) is 2. The van der Waals surface area contributed by atoms with Gasteiger partial charge in [-0.2, -0.15) is 0 Å². The number of aryl methyl sites for hydroxylation is 2. The average Bonchev–Trinajstić information content (AvgIpc) is 2.59. The highest BCUT2D eigenvalue weighted by atomic mass is 35.5. The van der Waals surface area contributed by atoms with E-state index in [2.05, 4.69) is 10.6 Å². The van der Waals surface area contributed by atoms with Gasteiger partial charge in [-0.1, -0.05) is 35.3 Å². The van der Waals surface area contributed by atoms with Gasteiger partial charge in [0, 0.05) is 10.7 Å². The fraction of sp³-hybridized carbons (Fsp3) is 0.300. The number of anilines is 2. The lowest BCUT2D eigenvalue weighted by molar-refractivity contribution is -0.122. The fourth-order valence-corrected chi connectivity index (χ4v) is 2.91. The minimum atomic E-state index is -0.527. The molecule has 0 spiro atoms. The van der Waals surface area contributed by atoms with Gasteiger partial charge in [0.2, 0.25) is 11.8 Å². The molecule has 144 valence electrons. The number of carbonyl (C=O) groups is 2. The molecular weight excluding hydrogens is 385 g/mol. The molecule has 0 unspecified atom stereocenters. The first kappa shape index (κ1) is 21.2. The Morgan fingerprint density at radius 3 is 2.41 bits per heavy atom. The van der Waals surface area contributed by atoms with Gasteiger partial charge in [-0.3, -0.25) is 14.5 Å². The number of amides is 2. The monoisotopic (exact) mass is 407 g/mol. The highest BCUT2D eigenvalue weighted by Crippen LogP contribution is 2.25.